The topological polar surface area (TPSA) is 93.9 Å². The number of carbonyl (C=O) groups is 2. The maximum Gasteiger partial charge on any atom is 0.435 e. The maximum absolute atomic E-state index is 13.6. The maximum atomic E-state index is 13.6. The zero-order valence-corrected chi connectivity index (χ0v) is 24.1. The number of amides is 1. The van der Waals surface area contributed by atoms with Crippen LogP contribution >= 0.6 is 0 Å². The van der Waals surface area contributed by atoms with Gasteiger partial charge in [0.05, 0.1) is 11.1 Å². The molecule has 2 aliphatic rings. The molecule has 4 rings (SSSR count). The van der Waals surface area contributed by atoms with E-state index in [1.54, 1.807) is 20.8 Å². The van der Waals surface area contributed by atoms with Crippen LogP contribution < -0.4 is 4.74 Å². The van der Waals surface area contributed by atoms with Crippen LogP contribution in [0.25, 0.3) is 11.3 Å². The number of aliphatic hydroxyl groups is 1. The van der Waals surface area contributed by atoms with Crippen molar-refractivity contribution in [3.63, 3.8) is 0 Å². The van der Waals surface area contributed by atoms with Gasteiger partial charge in [-0.3, -0.25) is 4.79 Å². The molecule has 0 radical (unpaired) electrons. The zero-order valence-electron chi connectivity index (χ0n) is 24.1. The molecule has 2 aliphatic heterocycles. The minimum absolute atomic E-state index is 0.0976. The van der Waals surface area contributed by atoms with Gasteiger partial charge in [0.1, 0.15) is 12.2 Å². The van der Waals surface area contributed by atoms with Gasteiger partial charge in [-0.2, -0.15) is 4.68 Å². The van der Waals surface area contributed by atoms with Crippen molar-refractivity contribution < 1.29 is 24.2 Å². The van der Waals surface area contributed by atoms with Gasteiger partial charge in [-0.05, 0) is 86.3 Å². The summed E-state index contributed by atoms with van der Waals surface area (Å²) in [5.41, 5.74) is 2.51. The second-order valence-electron chi connectivity index (χ2n) is 12.8. The lowest BCUT2D eigenvalue weighted by Gasteiger charge is -2.32. The van der Waals surface area contributed by atoms with Gasteiger partial charge < -0.3 is 19.5 Å². The number of hydrogen-bond donors (Lipinski definition) is 1. The zero-order chi connectivity index (χ0) is 28.0. The number of carbonyl (C=O) groups excluding carboxylic acids is 2. The highest BCUT2D eigenvalue weighted by Gasteiger charge is 2.47. The second kappa shape index (κ2) is 10.4. The summed E-state index contributed by atoms with van der Waals surface area (Å²) in [6.07, 6.45) is 3.67. The molecule has 2 saturated heterocycles. The van der Waals surface area contributed by atoms with Gasteiger partial charge in [0.25, 0.3) is 0 Å². The first-order valence-electron chi connectivity index (χ1n) is 13.7. The average molecular weight is 526 g/mol. The Kier molecular flexibility index (Phi) is 7.67. The molecule has 0 unspecified atom stereocenters. The number of rotatable bonds is 7. The minimum atomic E-state index is -0.777. The first-order chi connectivity index (χ1) is 17.7. The molecule has 2 aromatic rings. The normalized spacial score (nSPS) is 20.1. The fourth-order valence-electron chi connectivity index (χ4n) is 5.78. The van der Waals surface area contributed by atoms with E-state index in [-0.39, 0.29) is 30.9 Å². The molecule has 1 amide bonds. The highest BCUT2D eigenvalue weighted by atomic mass is 16.6. The number of benzene rings is 1. The number of aliphatic hydroxyl groups excluding tert-OH is 1. The molecule has 1 aromatic heterocycles. The summed E-state index contributed by atoms with van der Waals surface area (Å²) in [7, 11) is 0. The molecule has 0 aliphatic carbocycles. The standard InChI is InChI=1S/C30H43N3O5/c1-18-13-19(2)15-21(14-18)25-24(20(3)16-34)26(31-33(25)28(36)38-29(4,5)6)37-17-30(7,8)27(35)32-22-9-10-23(32)12-11-22/h13-15,20,22-23,34H,9-12,16-17H2,1-8H3/t20-,22?,23?/m1/s1. The van der Waals surface area contributed by atoms with Crippen molar-refractivity contribution in [3.05, 3.63) is 34.9 Å². The first-order valence-corrected chi connectivity index (χ1v) is 13.7. The Morgan fingerprint density at radius 2 is 1.58 bits per heavy atom. The highest BCUT2D eigenvalue weighted by molar-refractivity contribution is 5.84. The molecule has 3 heterocycles. The molecular weight excluding hydrogens is 482 g/mol. The van der Waals surface area contributed by atoms with Crippen molar-refractivity contribution in [2.24, 2.45) is 5.41 Å². The smallest absolute Gasteiger partial charge is 0.435 e. The van der Waals surface area contributed by atoms with Crippen LogP contribution in [0.5, 0.6) is 5.88 Å². The lowest BCUT2D eigenvalue weighted by molar-refractivity contribution is -0.143. The van der Waals surface area contributed by atoms with Crippen LogP contribution in [0.1, 0.15) is 89.8 Å². The van der Waals surface area contributed by atoms with Gasteiger partial charge in [0.2, 0.25) is 11.8 Å². The average Bonchev–Trinajstić information content (AvgIpc) is 3.52. The van der Waals surface area contributed by atoms with Crippen LogP contribution in [0, 0.1) is 19.3 Å². The fraction of sp³-hybridized carbons (Fsp3) is 0.633. The van der Waals surface area contributed by atoms with Crippen LogP contribution in [-0.4, -0.2) is 62.7 Å². The van der Waals surface area contributed by atoms with Crippen molar-refractivity contribution in [1.29, 1.82) is 0 Å². The largest absolute Gasteiger partial charge is 0.475 e. The van der Waals surface area contributed by atoms with Gasteiger partial charge in [-0.1, -0.05) is 24.1 Å². The van der Waals surface area contributed by atoms with Crippen LogP contribution in [0.2, 0.25) is 0 Å². The number of aromatic nitrogens is 2. The summed E-state index contributed by atoms with van der Waals surface area (Å²) in [4.78, 5) is 29.0. The highest BCUT2D eigenvalue weighted by Crippen LogP contribution is 2.41. The Morgan fingerprint density at radius 3 is 2.08 bits per heavy atom. The van der Waals surface area contributed by atoms with Crippen LogP contribution in [0.15, 0.2) is 18.2 Å². The Balaban J connectivity index is 1.74. The number of nitrogens with zero attached hydrogens (tertiary/aromatic N) is 3. The van der Waals surface area contributed by atoms with E-state index in [1.807, 2.05) is 46.8 Å². The predicted molar refractivity (Wildman–Crippen MR) is 146 cm³/mol. The van der Waals surface area contributed by atoms with Crippen molar-refractivity contribution in [1.82, 2.24) is 14.7 Å². The molecule has 0 saturated carbocycles. The van der Waals surface area contributed by atoms with E-state index in [2.05, 4.69) is 16.1 Å². The molecule has 1 N–H and O–H groups in total. The molecule has 2 bridgehead atoms. The number of ether oxygens (including phenoxy) is 2. The van der Waals surface area contributed by atoms with Gasteiger partial charge in [0.15, 0.2) is 0 Å². The lowest BCUT2D eigenvalue weighted by atomic mass is 9.92. The number of aryl methyl sites for hydroxylation is 2. The van der Waals surface area contributed by atoms with Crippen molar-refractivity contribution >= 4 is 12.0 Å². The van der Waals surface area contributed by atoms with Crippen LogP contribution in [0.4, 0.5) is 4.79 Å². The molecule has 2 fully saturated rings. The molecule has 8 heteroatoms. The SMILES string of the molecule is Cc1cc(C)cc(-c2c([C@H](C)CO)c(OCC(C)(C)C(=O)N3C4CCC3CC4)nn2C(=O)OC(C)(C)C)c1. The molecule has 8 nitrogen and oxygen atoms in total. The van der Waals surface area contributed by atoms with Crippen molar-refractivity contribution in [2.45, 2.75) is 105 Å². The summed E-state index contributed by atoms with van der Waals surface area (Å²) in [5.74, 6) is -0.0394. The van der Waals surface area contributed by atoms with Gasteiger partial charge in [-0.25, -0.2) is 4.79 Å². The summed E-state index contributed by atoms with van der Waals surface area (Å²) >= 11 is 0. The quantitative estimate of drug-likeness (QED) is 0.505. The van der Waals surface area contributed by atoms with E-state index in [9.17, 15) is 14.7 Å². The van der Waals surface area contributed by atoms with E-state index in [4.69, 9.17) is 9.47 Å². The van der Waals surface area contributed by atoms with Gasteiger partial charge in [0, 0.05) is 35.7 Å². The van der Waals surface area contributed by atoms with E-state index in [1.165, 1.54) is 4.68 Å². The third kappa shape index (κ3) is 5.60. The van der Waals surface area contributed by atoms with E-state index >= 15 is 0 Å². The second-order valence-corrected chi connectivity index (χ2v) is 12.8. The Labute approximate surface area is 226 Å². The molecular formula is C30H43N3O5. The van der Waals surface area contributed by atoms with E-state index in [0.717, 1.165) is 42.4 Å². The van der Waals surface area contributed by atoms with Gasteiger partial charge >= 0.3 is 6.09 Å². The summed E-state index contributed by atoms with van der Waals surface area (Å²) in [6, 6.07) is 6.69. The van der Waals surface area contributed by atoms with Gasteiger partial charge in [-0.15, -0.1) is 5.10 Å². The van der Waals surface area contributed by atoms with Crippen molar-refractivity contribution in [2.75, 3.05) is 13.2 Å². The number of hydrogen-bond acceptors (Lipinski definition) is 6. The molecule has 208 valence electrons. The summed E-state index contributed by atoms with van der Waals surface area (Å²) in [6.45, 7) is 15.0. The molecule has 0 spiro atoms. The van der Waals surface area contributed by atoms with Crippen LogP contribution in [0.3, 0.4) is 0 Å². The Hall–Kier alpha value is -2.87. The molecule has 1 aromatic carbocycles. The predicted octanol–water partition coefficient (Wildman–Crippen LogP) is 5.60. The summed E-state index contributed by atoms with van der Waals surface area (Å²) in [5, 5.41) is 14.8. The van der Waals surface area contributed by atoms with E-state index < -0.39 is 17.1 Å². The molecule has 1 atom stereocenters. The van der Waals surface area contributed by atoms with E-state index in [0.29, 0.717) is 23.3 Å². The Bertz CT molecular complexity index is 1170. The third-order valence-electron chi connectivity index (χ3n) is 7.55. The minimum Gasteiger partial charge on any atom is -0.475 e. The monoisotopic (exact) mass is 525 g/mol. The van der Waals surface area contributed by atoms with Crippen molar-refractivity contribution in [3.8, 4) is 17.1 Å². The number of fused-ring (bicyclic) bond motifs is 2. The molecule has 38 heavy (non-hydrogen) atoms. The van der Waals surface area contributed by atoms with Crippen LogP contribution in [-0.2, 0) is 9.53 Å². The Morgan fingerprint density at radius 1 is 1.03 bits per heavy atom. The summed E-state index contributed by atoms with van der Waals surface area (Å²) < 4.78 is 13.2. The third-order valence-corrected chi connectivity index (χ3v) is 7.55. The fourth-order valence-corrected chi connectivity index (χ4v) is 5.78. The first kappa shape index (κ1) is 28.1. The lowest BCUT2D eigenvalue weighted by Crippen LogP contribution is -2.46.